The van der Waals surface area contributed by atoms with Crippen LogP contribution in [-0.2, 0) is 4.79 Å². The lowest BCUT2D eigenvalue weighted by atomic mass is 10.2. The molecule has 0 heterocycles. The fraction of sp³-hybridized carbons (Fsp3) is 0.385. The number of alkyl halides is 3. The fourth-order valence-electron chi connectivity index (χ4n) is 1.60. The van der Waals surface area contributed by atoms with E-state index in [2.05, 4.69) is 0 Å². The lowest BCUT2D eigenvalue weighted by Crippen LogP contribution is -2.41. The van der Waals surface area contributed by atoms with Gasteiger partial charge in [0.1, 0.15) is 0 Å². The van der Waals surface area contributed by atoms with Crippen molar-refractivity contribution < 1.29 is 27.9 Å². The second-order valence-corrected chi connectivity index (χ2v) is 4.16. The van der Waals surface area contributed by atoms with Crippen molar-refractivity contribution >= 4 is 17.6 Å². The molecule has 20 heavy (non-hydrogen) atoms. The molecule has 1 N–H and O–H groups in total. The zero-order valence-corrected chi connectivity index (χ0v) is 10.8. The summed E-state index contributed by atoms with van der Waals surface area (Å²) in [5, 5.41) is 8.73. The van der Waals surface area contributed by atoms with E-state index in [0.29, 0.717) is 17.7 Å². The fourth-order valence-corrected chi connectivity index (χ4v) is 1.60. The van der Waals surface area contributed by atoms with Crippen molar-refractivity contribution in [2.45, 2.75) is 25.9 Å². The van der Waals surface area contributed by atoms with Crippen molar-refractivity contribution in [3.8, 4) is 0 Å². The average molecular weight is 289 g/mol. The Balaban J connectivity index is 3.04. The van der Waals surface area contributed by atoms with E-state index in [9.17, 15) is 22.8 Å². The zero-order valence-electron chi connectivity index (χ0n) is 10.8. The Morgan fingerprint density at radius 3 is 2.15 bits per heavy atom. The SMILES string of the molecule is CCCCN(C(=O)C(F)(F)F)c1ccc(C(=O)O)cc1. The van der Waals surface area contributed by atoms with Gasteiger partial charge in [0.2, 0.25) is 0 Å². The number of carbonyl (C=O) groups is 2. The number of amides is 1. The number of aromatic carboxylic acids is 1. The molecule has 110 valence electrons. The van der Waals surface area contributed by atoms with Crippen molar-refractivity contribution in [3.63, 3.8) is 0 Å². The van der Waals surface area contributed by atoms with E-state index >= 15 is 0 Å². The number of carboxylic acids is 1. The predicted octanol–water partition coefficient (Wildman–Crippen LogP) is 3.08. The van der Waals surface area contributed by atoms with Crippen LogP contribution in [0, 0.1) is 0 Å². The van der Waals surface area contributed by atoms with Gasteiger partial charge in [0, 0.05) is 12.2 Å². The van der Waals surface area contributed by atoms with Gasteiger partial charge in [0.15, 0.2) is 0 Å². The quantitative estimate of drug-likeness (QED) is 0.906. The summed E-state index contributed by atoms with van der Waals surface area (Å²) < 4.78 is 37.6. The highest BCUT2D eigenvalue weighted by molar-refractivity contribution is 5.97. The summed E-state index contributed by atoms with van der Waals surface area (Å²) in [5.41, 5.74) is -0.0191. The number of carbonyl (C=O) groups excluding carboxylic acids is 1. The standard InChI is InChI=1S/C13H14F3NO3/c1-2-3-8-17(12(20)13(14,15)16)10-6-4-9(5-7-10)11(18)19/h4-7H,2-3,8H2,1H3,(H,18,19). The number of halogens is 3. The summed E-state index contributed by atoms with van der Waals surface area (Å²) in [4.78, 5) is 22.7. The lowest BCUT2D eigenvalue weighted by Gasteiger charge is -2.23. The van der Waals surface area contributed by atoms with Crippen LogP contribution in [0.15, 0.2) is 24.3 Å². The lowest BCUT2D eigenvalue weighted by molar-refractivity contribution is -0.170. The molecule has 0 aliphatic heterocycles. The maximum Gasteiger partial charge on any atom is 0.471 e. The van der Waals surface area contributed by atoms with E-state index in [1.165, 1.54) is 24.3 Å². The van der Waals surface area contributed by atoms with Gasteiger partial charge in [-0.1, -0.05) is 13.3 Å². The number of carboxylic acid groups (broad SMARTS) is 1. The highest BCUT2D eigenvalue weighted by Gasteiger charge is 2.42. The molecule has 1 amide bonds. The van der Waals surface area contributed by atoms with E-state index in [4.69, 9.17) is 5.11 Å². The molecule has 0 radical (unpaired) electrons. The van der Waals surface area contributed by atoms with Crippen molar-refractivity contribution in [1.29, 1.82) is 0 Å². The predicted molar refractivity (Wildman–Crippen MR) is 66.7 cm³/mol. The van der Waals surface area contributed by atoms with E-state index in [1.54, 1.807) is 6.92 Å². The molecular formula is C13H14F3NO3. The van der Waals surface area contributed by atoms with Crippen LogP contribution in [0.1, 0.15) is 30.1 Å². The summed E-state index contributed by atoms with van der Waals surface area (Å²) in [5.74, 6) is -3.13. The first-order valence-electron chi connectivity index (χ1n) is 5.99. The second kappa shape index (κ2) is 6.40. The molecule has 0 aliphatic rings. The molecule has 0 saturated heterocycles. The minimum atomic E-state index is -4.96. The molecule has 0 spiro atoms. The Hall–Kier alpha value is -2.05. The van der Waals surface area contributed by atoms with Crippen molar-refractivity contribution in [3.05, 3.63) is 29.8 Å². The van der Waals surface area contributed by atoms with Crippen LogP contribution in [0.25, 0.3) is 0 Å². The van der Waals surface area contributed by atoms with Gasteiger partial charge in [-0.3, -0.25) is 4.79 Å². The molecule has 0 aliphatic carbocycles. The molecule has 7 heteroatoms. The number of hydrogen-bond donors (Lipinski definition) is 1. The third-order valence-corrected chi connectivity index (χ3v) is 2.65. The van der Waals surface area contributed by atoms with Gasteiger partial charge < -0.3 is 10.0 Å². The van der Waals surface area contributed by atoms with Crippen molar-refractivity contribution in [2.24, 2.45) is 0 Å². The summed E-state index contributed by atoms with van der Waals surface area (Å²) in [6.45, 7) is 1.73. The Labute approximate surface area is 113 Å². The summed E-state index contributed by atoms with van der Waals surface area (Å²) in [6, 6.07) is 4.73. The third kappa shape index (κ3) is 3.97. The van der Waals surface area contributed by atoms with Gasteiger partial charge >= 0.3 is 18.1 Å². The number of unbranched alkanes of at least 4 members (excludes halogenated alkanes) is 1. The van der Waals surface area contributed by atoms with Gasteiger partial charge in [-0.2, -0.15) is 13.2 Å². The molecule has 1 aromatic rings. The van der Waals surface area contributed by atoms with Crippen LogP contribution < -0.4 is 4.90 Å². The van der Waals surface area contributed by atoms with Crippen LogP contribution in [0.5, 0.6) is 0 Å². The Bertz CT molecular complexity index is 483. The van der Waals surface area contributed by atoms with Gasteiger partial charge in [-0.25, -0.2) is 4.79 Å². The van der Waals surface area contributed by atoms with E-state index in [-0.39, 0.29) is 17.8 Å². The molecule has 4 nitrogen and oxygen atoms in total. The van der Waals surface area contributed by atoms with Crippen LogP contribution in [0.2, 0.25) is 0 Å². The smallest absolute Gasteiger partial charge is 0.471 e. The van der Waals surface area contributed by atoms with Gasteiger partial charge in [0.25, 0.3) is 0 Å². The van der Waals surface area contributed by atoms with Crippen LogP contribution in [0.4, 0.5) is 18.9 Å². The van der Waals surface area contributed by atoms with E-state index in [0.717, 1.165) is 0 Å². The van der Waals surface area contributed by atoms with Gasteiger partial charge in [-0.15, -0.1) is 0 Å². The highest BCUT2D eigenvalue weighted by atomic mass is 19.4. The average Bonchev–Trinajstić information content (AvgIpc) is 2.38. The minimum Gasteiger partial charge on any atom is -0.478 e. The number of benzene rings is 1. The monoisotopic (exact) mass is 289 g/mol. The Kier molecular flexibility index (Phi) is 5.12. The zero-order chi connectivity index (χ0) is 15.3. The molecule has 0 aromatic heterocycles. The minimum absolute atomic E-state index is 0.0331. The number of nitrogens with zero attached hydrogens (tertiary/aromatic N) is 1. The molecule has 1 aromatic carbocycles. The summed E-state index contributed by atoms with van der Waals surface area (Å²) in [7, 11) is 0. The number of anilines is 1. The maximum atomic E-state index is 12.5. The van der Waals surface area contributed by atoms with Crippen molar-refractivity contribution in [1.82, 2.24) is 0 Å². The Morgan fingerprint density at radius 1 is 1.20 bits per heavy atom. The van der Waals surface area contributed by atoms with Gasteiger partial charge in [0.05, 0.1) is 5.56 Å². The molecule has 0 saturated carbocycles. The molecule has 0 unspecified atom stereocenters. The largest absolute Gasteiger partial charge is 0.478 e. The van der Waals surface area contributed by atoms with E-state index in [1.807, 2.05) is 0 Å². The second-order valence-electron chi connectivity index (χ2n) is 4.16. The first kappa shape index (κ1) is 16.0. The Morgan fingerprint density at radius 2 is 1.75 bits per heavy atom. The first-order valence-corrected chi connectivity index (χ1v) is 5.99. The molecule has 0 fully saturated rings. The first-order chi connectivity index (χ1) is 9.27. The molecule has 1 rings (SSSR count). The van der Waals surface area contributed by atoms with Crippen LogP contribution in [-0.4, -0.2) is 29.7 Å². The normalized spacial score (nSPS) is 11.2. The van der Waals surface area contributed by atoms with E-state index < -0.39 is 18.1 Å². The summed E-state index contributed by atoms with van der Waals surface area (Å²) in [6.07, 6.45) is -3.91. The molecule has 0 bridgehead atoms. The topological polar surface area (TPSA) is 57.6 Å². The highest BCUT2D eigenvalue weighted by Crippen LogP contribution is 2.24. The third-order valence-electron chi connectivity index (χ3n) is 2.65. The van der Waals surface area contributed by atoms with Crippen LogP contribution >= 0.6 is 0 Å². The van der Waals surface area contributed by atoms with Crippen LogP contribution in [0.3, 0.4) is 0 Å². The van der Waals surface area contributed by atoms with Crippen molar-refractivity contribution in [2.75, 3.05) is 11.4 Å². The maximum absolute atomic E-state index is 12.5. The molecular weight excluding hydrogens is 275 g/mol. The number of hydrogen-bond acceptors (Lipinski definition) is 2. The van der Waals surface area contributed by atoms with Gasteiger partial charge in [-0.05, 0) is 30.7 Å². The molecule has 0 atom stereocenters. The summed E-state index contributed by atoms with van der Waals surface area (Å²) >= 11 is 0. The number of rotatable bonds is 5.